The third kappa shape index (κ3) is 3.54. The van der Waals surface area contributed by atoms with E-state index in [9.17, 15) is 14.9 Å². The van der Waals surface area contributed by atoms with Gasteiger partial charge < -0.3 is 4.90 Å². The predicted octanol–water partition coefficient (Wildman–Crippen LogP) is 3.27. The summed E-state index contributed by atoms with van der Waals surface area (Å²) in [5.41, 5.74) is 1.06. The molecule has 2 aromatic carbocycles. The van der Waals surface area contributed by atoms with Crippen molar-refractivity contribution in [3.63, 3.8) is 0 Å². The van der Waals surface area contributed by atoms with Crippen LogP contribution in [0, 0.1) is 10.1 Å². The SMILES string of the molecule is CN(C(=O)/C=C/c1ccccc1)c1ccccc1[N+](=O)[O-]. The summed E-state index contributed by atoms with van der Waals surface area (Å²) >= 11 is 0. The molecule has 2 rings (SSSR count). The summed E-state index contributed by atoms with van der Waals surface area (Å²) in [5, 5.41) is 11.0. The first-order chi connectivity index (χ1) is 10.1. The number of nitro benzene ring substituents is 1. The molecule has 0 aliphatic rings. The molecule has 2 aromatic rings. The molecule has 0 saturated carbocycles. The molecule has 0 aromatic heterocycles. The molecule has 0 fully saturated rings. The van der Waals surface area contributed by atoms with Gasteiger partial charge in [0.2, 0.25) is 0 Å². The Balaban J connectivity index is 2.20. The van der Waals surface area contributed by atoms with Gasteiger partial charge in [-0.25, -0.2) is 0 Å². The van der Waals surface area contributed by atoms with Crippen molar-refractivity contribution < 1.29 is 9.72 Å². The van der Waals surface area contributed by atoms with E-state index in [0.717, 1.165) is 5.56 Å². The highest BCUT2D eigenvalue weighted by Crippen LogP contribution is 2.26. The third-order valence-corrected chi connectivity index (χ3v) is 2.99. The van der Waals surface area contributed by atoms with Crippen LogP contribution in [0.1, 0.15) is 5.56 Å². The molecule has 0 bridgehead atoms. The van der Waals surface area contributed by atoms with Gasteiger partial charge in [-0.3, -0.25) is 14.9 Å². The second kappa shape index (κ2) is 6.47. The Morgan fingerprint density at radius 1 is 1.10 bits per heavy atom. The normalized spacial score (nSPS) is 10.5. The van der Waals surface area contributed by atoms with Crippen molar-refractivity contribution in [3.8, 4) is 0 Å². The van der Waals surface area contributed by atoms with E-state index in [0.29, 0.717) is 0 Å². The van der Waals surface area contributed by atoms with E-state index in [1.165, 1.54) is 24.1 Å². The molecule has 0 saturated heterocycles. The van der Waals surface area contributed by atoms with Crippen LogP contribution in [0.15, 0.2) is 60.7 Å². The first-order valence-corrected chi connectivity index (χ1v) is 6.34. The lowest BCUT2D eigenvalue weighted by Crippen LogP contribution is -2.24. The number of carbonyl (C=O) groups excluding carboxylic acids is 1. The maximum Gasteiger partial charge on any atom is 0.292 e. The van der Waals surface area contributed by atoms with Crippen molar-refractivity contribution in [3.05, 3.63) is 76.4 Å². The number of hydrogen-bond acceptors (Lipinski definition) is 3. The number of benzene rings is 2. The monoisotopic (exact) mass is 282 g/mol. The number of para-hydroxylation sites is 2. The molecule has 0 aliphatic carbocycles. The molecular formula is C16H14N2O3. The molecule has 0 unspecified atom stereocenters. The van der Waals surface area contributed by atoms with Crippen LogP contribution in [-0.4, -0.2) is 17.9 Å². The largest absolute Gasteiger partial charge is 0.306 e. The average Bonchev–Trinajstić information content (AvgIpc) is 2.52. The van der Waals surface area contributed by atoms with Gasteiger partial charge in [0.25, 0.3) is 11.6 Å². The van der Waals surface area contributed by atoms with E-state index < -0.39 is 4.92 Å². The molecule has 0 N–H and O–H groups in total. The summed E-state index contributed by atoms with van der Waals surface area (Å²) < 4.78 is 0. The van der Waals surface area contributed by atoms with E-state index in [-0.39, 0.29) is 17.3 Å². The van der Waals surface area contributed by atoms with Gasteiger partial charge in [-0.1, -0.05) is 42.5 Å². The molecule has 0 radical (unpaired) electrons. The fraction of sp³-hybridized carbons (Fsp3) is 0.0625. The minimum Gasteiger partial charge on any atom is -0.306 e. The lowest BCUT2D eigenvalue weighted by molar-refractivity contribution is -0.384. The van der Waals surface area contributed by atoms with Crippen molar-refractivity contribution in [1.29, 1.82) is 0 Å². The number of nitrogens with zero attached hydrogens (tertiary/aromatic N) is 2. The van der Waals surface area contributed by atoms with Crippen LogP contribution in [0.3, 0.4) is 0 Å². The van der Waals surface area contributed by atoms with E-state index >= 15 is 0 Å². The highest BCUT2D eigenvalue weighted by Gasteiger charge is 2.18. The number of hydrogen-bond donors (Lipinski definition) is 0. The highest BCUT2D eigenvalue weighted by atomic mass is 16.6. The first-order valence-electron chi connectivity index (χ1n) is 6.34. The number of amides is 1. The fourth-order valence-electron chi connectivity index (χ4n) is 1.86. The number of anilines is 1. The van der Waals surface area contributed by atoms with Crippen LogP contribution in [0.5, 0.6) is 0 Å². The second-order valence-electron chi connectivity index (χ2n) is 4.39. The van der Waals surface area contributed by atoms with Crippen molar-refractivity contribution in [2.45, 2.75) is 0 Å². The summed E-state index contributed by atoms with van der Waals surface area (Å²) in [7, 11) is 1.51. The van der Waals surface area contributed by atoms with Crippen LogP contribution in [0.25, 0.3) is 6.08 Å². The zero-order chi connectivity index (χ0) is 15.2. The fourth-order valence-corrected chi connectivity index (χ4v) is 1.86. The topological polar surface area (TPSA) is 63.5 Å². The van der Waals surface area contributed by atoms with Crippen molar-refractivity contribution in [2.24, 2.45) is 0 Å². The van der Waals surface area contributed by atoms with Crippen LogP contribution in [-0.2, 0) is 4.79 Å². The van der Waals surface area contributed by atoms with Crippen molar-refractivity contribution in [1.82, 2.24) is 0 Å². The van der Waals surface area contributed by atoms with Gasteiger partial charge in [-0.05, 0) is 17.7 Å². The molecule has 0 spiro atoms. The van der Waals surface area contributed by atoms with E-state index in [1.807, 2.05) is 30.3 Å². The first kappa shape index (κ1) is 14.5. The molecule has 0 heterocycles. The highest BCUT2D eigenvalue weighted by molar-refractivity contribution is 6.04. The number of nitro groups is 1. The van der Waals surface area contributed by atoms with E-state index in [4.69, 9.17) is 0 Å². The third-order valence-electron chi connectivity index (χ3n) is 2.99. The number of carbonyl (C=O) groups is 1. The van der Waals surface area contributed by atoms with Gasteiger partial charge in [-0.2, -0.15) is 0 Å². The summed E-state index contributed by atoms with van der Waals surface area (Å²) in [6.45, 7) is 0. The lowest BCUT2D eigenvalue weighted by atomic mass is 10.2. The predicted molar refractivity (Wildman–Crippen MR) is 82.0 cm³/mol. The van der Waals surface area contributed by atoms with Crippen molar-refractivity contribution >= 4 is 23.4 Å². The molecule has 106 valence electrons. The quantitative estimate of drug-likeness (QED) is 0.491. The molecular weight excluding hydrogens is 268 g/mol. The summed E-state index contributed by atoms with van der Waals surface area (Å²) in [6.07, 6.45) is 3.07. The Kier molecular flexibility index (Phi) is 4.46. The minimum absolute atomic E-state index is 0.0959. The number of likely N-dealkylation sites (N-methyl/N-ethyl adjacent to an activating group) is 1. The zero-order valence-electron chi connectivity index (χ0n) is 11.5. The standard InChI is InChI=1S/C16H14N2O3/c1-17(14-9-5-6-10-15(14)18(20)21)16(19)12-11-13-7-3-2-4-8-13/h2-12H,1H3/b12-11+. The van der Waals surface area contributed by atoms with Gasteiger partial charge >= 0.3 is 0 Å². The summed E-state index contributed by atoms with van der Waals surface area (Å²) in [5.74, 6) is -0.326. The van der Waals surface area contributed by atoms with Crippen LogP contribution in [0.2, 0.25) is 0 Å². The molecule has 5 heteroatoms. The Hall–Kier alpha value is -2.95. The van der Waals surface area contributed by atoms with Gasteiger partial charge in [0, 0.05) is 19.2 Å². The Labute approximate surface area is 122 Å². The van der Waals surface area contributed by atoms with E-state index in [1.54, 1.807) is 24.3 Å². The number of rotatable bonds is 4. The minimum atomic E-state index is -0.500. The van der Waals surface area contributed by atoms with Gasteiger partial charge in [0.15, 0.2) is 0 Å². The Morgan fingerprint density at radius 3 is 2.38 bits per heavy atom. The Bertz CT molecular complexity index is 681. The van der Waals surface area contributed by atoms with Crippen LogP contribution >= 0.6 is 0 Å². The van der Waals surface area contributed by atoms with Crippen LogP contribution in [0.4, 0.5) is 11.4 Å². The maximum absolute atomic E-state index is 12.1. The molecule has 0 aliphatic heterocycles. The molecule has 21 heavy (non-hydrogen) atoms. The smallest absolute Gasteiger partial charge is 0.292 e. The maximum atomic E-state index is 12.1. The van der Waals surface area contributed by atoms with Crippen molar-refractivity contribution in [2.75, 3.05) is 11.9 Å². The molecule has 0 atom stereocenters. The van der Waals surface area contributed by atoms with Crippen LogP contribution < -0.4 is 4.90 Å². The zero-order valence-corrected chi connectivity index (χ0v) is 11.5. The van der Waals surface area contributed by atoms with Gasteiger partial charge in [-0.15, -0.1) is 0 Å². The van der Waals surface area contributed by atoms with Gasteiger partial charge in [0.05, 0.1) is 4.92 Å². The molecule has 5 nitrogen and oxygen atoms in total. The molecule has 1 amide bonds. The van der Waals surface area contributed by atoms with Gasteiger partial charge in [0.1, 0.15) is 5.69 Å². The summed E-state index contributed by atoms with van der Waals surface area (Å²) in [4.78, 5) is 23.8. The van der Waals surface area contributed by atoms with E-state index in [2.05, 4.69) is 0 Å². The lowest BCUT2D eigenvalue weighted by Gasteiger charge is -2.15. The average molecular weight is 282 g/mol. The second-order valence-corrected chi connectivity index (χ2v) is 4.39. The summed E-state index contributed by atoms with van der Waals surface area (Å²) in [6, 6.07) is 15.5. The Morgan fingerprint density at radius 2 is 1.71 bits per heavy atom.